The third-order valence-electron chi connectivity index (χ3n) is 3.06. The van der Waals surface area contributed by atoms with E-state index in [0.29, 0.717) is 13.1 Å². The van der Waals surface area contributed by atoms with E-state index < -0.39 is 0 Å². The summed E-state index contributed by atoms with van der Waals surface area (Å²) >= 11 is 3.52. The average Bonchev–Trinajstić information content (AvgIpc) is 2.47. The lowest BCUT2D eigenvalue weighted by molar-refractivity contribution is 0.414. The van der Waals surface area contributed by atoms with Gasteiger partial charge in [0.1, 0.15) is 5.75 Å². The summed E-state index contributed by atoms with van der Waals surface area (Å²) in [5, 5.41) is 3.31. The Morgan fingerprint density at radius 3 is 2.80 bits per heavy atom. The molecule has 0 fully saturated rings. The average molecular weight is 337 g/mol. The van der Waals surface area contributed by atoms with E-state index >= 15 is 0 Å². The quantitative estimate of drug-likeness (QED) is 0.911. The number of methoxy groups -OCH3 is 1. The molecule has 0 atom stereocenters. The van der Waals surface area contributed by atoms with E-state index in [9.17, 15) is 4.79 Å². The number of rotatable bonds is 5. The molecular weight excluding hydrogens is 320 g/mol. The Morgan fingerprint density at radius 1 is 1.30 bits per heavy atom. The van der Waals surface area contributed by atoms with Crippen molar-refractivity contribution < 1.29 is 4.74 Å². The predicted molar refractivity (Wildman–Crippen MR) is 84.4 cm³/mol. The van der Waals surface area contributed by atoms with Crippen LogP contribution in [0.15, 0.2) is 45.8 Å². The van der Waals surface area contributed by atoms with Crippen LogP contribution in [0.3, 0.4) is 0 Å². The van der Waals surface area contributed by atoms with Crippen molar-refractivity contribution in [3.05, 3.63) is 56.9 Å². The first kappa shape index (κ1) is 14.7. The summed E-state index contributed by atoms with van der Waals surface area (Å²) in [4.78, 5) is 11.5. The highest BCUT2D eigenvalue weighted by atomic mass is 79.9. The molecule has 0 unspecified atom stereocenters. The maximum atomic E-state index is 11.5. The highest BCUT2D eigenvalue weighted by Crippen LogP contribution is 2.23. The maximum absolute atomic E-state index is 11.5. The molecular formula is C15H17BrN2O2. The van der Waals surface area contributed by atoms with Crippen LogP contribution in [0.25, 0.3) is 0 Å². The first-order valence-corrected chi connectivity index (χ1v) is 7.20. The van der Waals surface area contributed by atoms with Gasteiger partial charge in [0.15, 0.2) is 0 Å². The van der Waals surface area contributed by atoms with Crippen molar-refractivity contribution in [1.82, 2.24) is 4.57 Å². The summed E-state index contributed by atoms with van der Waals surface area (Å²) in [5.41, 5.74) is 2.03. The van der Waals surface area contributed by atoms with Crippen LogP contribution in [0.4, 0.5) is 5.69 Å². The molecule has 5 heteroatoms. The second-order valence-corrected chi connectivity index (χ2v) is 5.21. The minimum Gasteiger partial charge on any atom is -0.497 e. The minimum atomic E-state index is 0.0145. The standard InChI is InChI=1S/C15H17BrN2O2/c1-3-18-10-12(4-7-15(18)19)17-9-11-8-13(20-2)5-6-14(11)16/h4-8,10,17H,3,9H2,1-2H3. The zero-order valence-electron chi connectivity index (χ0n) is 11.5. The van der Waals surface area contributed by atoms with Crippen LogP contribution in [0, 0.1) is 0 Å². The number of benzene rings is 1. The fourth-order valence-electron chi connectivity index (χ4n) is 1.89. The van der Waals surface area contributed by atoms with Crippen molar-refractivity contribution in [2.75, 3.05) is 12.4 Å². The highest BCUT2D eigenvalue weighted by Gasteiger charge is 2.03. The Morgan fingerprint density at radius 2 is 2.10 bits per heavy atom. The van der Waals surface area contributed by atoms with Gasteiger partial charge in [0.2, 0.25) is 0 Å². The number of nitrogens with zero attached hydrogens (tertiary/aromatic N) is 1. The second-order valence-electron chi connectivity index (χ2n) is 4.35. The molecule has 1 heterocycles. The Hall–Kier alpha value is -1.75. The molecule has 2 aromatic rings. The van der Waals surface area contributed by atoms with Crippen LogP contribution in [0.2, 0.25) is 0 Å². The van der Waals surface area contributed by atoms with Crippen LogP contribution in [-0.2, 0) is 13.1 Å². The zero-order chi connectivity index (χ0) is 14.5. The summed E-state index contributed by atoms with van der Waals surface area (Å²) in [6, 6.07) is 9.22. The first-order valence-electron chi connectivity index (χ1n) is 6.41. The Balaban J connectivity index is 2.14. The summed E-state index contributed by atoms with van der Waals surface area (Å²) in [5.74, 6) is 0.823. The topological polar surface area (TPSA) is 43.3 Å². The van der Waals surface area contributed by atoms with Gasteiger partial charge in [-0.15, -0.1) is 0 Å². The van der Waals surface area contributed by atoms with Crippen molar-refractivity contribution in [3.63, 3.8) is 0 Å². The molecule has 4 nitrogen and oxygen atoms in total. The smallest absolute Gasteiger partial charge is 0.250 e. The largest absolute Gasteiger partial charge is 0.497 e. The van der Waals surface area contributed by atoms with Crippen LogP contribution >= 0.6 is 15.9 Å². The van der Waals surface area contributed by atoms with Gasteiger partial charge in [-0.25, -0.2) is 0 Å². The van der Waals surface area contributed by atoms with Gasteiger partial charge in [-0.05, 0) is 36.8 Å². The van der Waals surface area contributed by atoms with Crippen molar-refractivity contribution in [3.8, 4) is 5.75 Å². The molecule has 0 amide bonds. The van der Waals surface area contributed by atoms with Crippen molar-refractivity contribution in [2.24, 2.45) is 0 Å². The van der Waals surface area contributed by atoms with Crippen molar-refractivity contribution in [2.45, 2.75) is 20.0 Å². The molecule has 0 radical (unpaired) electrons. The molecule has 0 saturated carbocycles. The van der Waals surface area contributed by atoms with Gasteiger partial charge in [-0.3, -0.25) is 4.79 Å². The number of pyridine rings is 1. The molecule has 0 aliphatic carbocycles. The number of hydrogen-bond donors (Lipinski definition) is 1. The van der Waals surface area contributed by atoms with E-state index in [2.05, 4.69) is 21.2 Å². The summed E-state index contributed by atoms with van der Waals surface area (Å²) in [6.45, 7) is 3.26. The molecule has 0 spiro atoms. The van der Waals surface area contributed by atoms with Gasteiger partial charge in [0.05, 0.1) is 12.8 Å². The van der Waals surface area contributed by atoms with Crippen molar-refractivity contribution >= 4 is 21.6 Å². The zero-order valence-corrected chi connectivity index (χ0v) is 13.1. The van der Waals surface area contributed by atoms with Gasteiger partial charge in [0, 0.05) is 29.8 Å². The van der Waals surface area contributed by atoms with Crippen LogP contribution in [0.1, 0.15) is 12.5 Å². The normalized spacial score (nSPS) is 10.3. The molecule has 1 N–H and O–H groups in total. The van der Waals surface area contributed by atoms with Crippen LogP contribution < -0.4 is 15.6 Å². The fourth-order valence-corrected chi connectivity index (χ4v) is 2.28. The highest BCUT2D eigenvalue weighted by molar-refractivity contribution is 9.10. The lowest BCUT2D eigenvalue weighted by atomic mass is 10.2. The lowest BCUT2D eigenvalue weighted by Crippen LogP contribution is -2.17. The number of anilines is 1. The van der Waals surface area contributed by atoms with E-state index in [-0.39, 0.29) is 5.56 Å². The number of aromatic nitrogens is 1. The van der Waals surface area contributed by atoms with E-state index in [1.807, 2.05) is 31.3 Å². The molecule has 106 valence electrons. The third-order valence-corrected chi connectivity index (χ3v) is 3.83. The molecule has 0 bridgehead atoms. The number of halogens is 1. The first-order chi connectivity index (χ1) is 9.63. The Kier molecular flexibility index (Phi) is 4.84. The van der Waals surface area contributed by atoms with Gasteiger partial charge >= 0.3 is 0 Å². The summed E-state index contributed by atoms with van der Waals surface area (Å²) < 4.78 is 7.91. The lowest BCUT2D eigenvalue weighted by Gasteiger charge is -2.11. The van der Waals surface area contributed by atoms with E-state index in [4.69, 9.17) is 4.74 Å². The molecule has 0 aliphatic heterocycles. The molecule has 0 saturated heterocycles. The molecule has 2 rings (SSSR count). The van der Waals surface area contributed by atoms with Crippen LogP contribution in [-0.4, -0.2) is 11.7 Å². The third kappa shape index (κ3) is 3.42. The van der Waals surface area contributed by atoms with Gasteiger partial charge in [-0.1, -0.05) is 15.9 Å². The molecule has 20 heavy (non-hydrogen) atoms. The molecule has 1 aromatic carbocycles. The number of hydrogen-bond acceptors (Lipinski definition) is 3. The molecule has 1 aromatic heterocycles. The number of ether oxygens (including phenoxy) is 1. The van der Waals surface area contributed by atoms with Crippen LogP contribution in [0.5, 0.6) is 5.75 Å². The Labute approximate surface area is 126 Å². The minimum absolute atomic E-state index is 0.0145. The fraction of sp³-hybridized carbons (Fsp3) is 0.267. The van der Waals surface area contributed by atoms with Gasteiger partial charge in [-0.2, -0.15) is 0 Å². The van der Waals surface area contributed by atoms with E-state index in [1.165, 1.54) is 0 Å². The predicted octanol–water partition coefficient (Wildman–Crippen LogP) is 3.25. The van der Waals surface area contributed by atoms with E-state index in [1.54, 1.807) is 23.8 Å². The monoisotopic (exact) mass is 336 g/mol. The summed E-state index contributed by atoms with van der Waals surface area (Å²) in [7, 11) is 1.65. The Bertz CT molecular complexity index is 653. The maximum Gasteiger partial charge on any atom is 0.250 e. The number of nitrogens with one attached hydrogen (secondary N) is 1. The summed E-state index contributed by atoms with van der Waals surface area (Å²) in [6.07, 6.45) is 1.83. The van der Waals surface area contributed by atoms with Gasteiger partial charge in [0.25, 0.3) is 5.56 Å². The van der Waals surface area contributed by atoms with E-state index in [0.717, 1.165) is 21.5 Å². The SMILES string of the molecule is CCn1cc(NCc2cc(OC)ccc2Br)ccc1=O. The number of aryl methyl sites for hydroxylation is 1. The van der Waals surface area contributed by atoms with Gasteiger partial charge < -0.3 is 14.6 Å². The second kappa shape index (κ2) is 6.61. The molecule has 0 aliphatic rings. The van der Waals surface area contributed by atoms with Crippen molar-refractivity contribution in [1.29, 1.82) is 0 Å².